The number of hydrogen-bond donors (Lipinski definition) is 5. The first-order valence-corrected chi connectivity index (χ1v) is 7.39. The lowest BCUT2D eigenvalue weighted by atomic mass is 10.1. The molecule has 0 aromatic rings. The highest BCUT2D eigenvalue weighted by atomic mass is 16.2. The van der Waals surface area contributed by atoms with Crippen molar-refractivity contribution in [2.75, 3.05) is 19.6 Å². The Morgan fingerprint density at radius 1 is 1.43 bits per heavy atom. The third-order valence-corrected chi connectivity index (χ3v) is 3.51. The number of carbonyl (C=O) groups excluding carboxylic acids is 2. The van der Waals surface area contributed by atoms with Gasteiger partial charge < -0.3 is 27.0 Å². The summed E-state index contributed by atoms with van der Waals surface area (Å²) in [6, 6.07) is -1.01. The van der Waals surface area contributed by atoms with Gasteiger partial charge in [-0.05, 0) is 32.6 Å². The Morgan fingerprint density at radius 2 is 2.14 bits per heavy atom. The first kappa shape index (κ1) is 17.2. The Labute approximate surface area is 125 Å². The van der Waals surface area contributed by atoms with Gasteiger partial charge in [-0.1, -0.05) is 0 Å². The van der Waals surface area contributed by atoms with Crippen LogP contribution in [0, 0.1) is 5.41 Å². The molecule has 7 N–H and O–H groups in total. The van der Waals surface area contributed by atoms with Gasteiger partial charge in [0.1, 0.15) is 6.04 Å². The van der Waals surface area contributed by atoms with Crippen LogP contribution in [-0.2, 0) is 9.59 Å². The van der Waals surface area contributed by atoms with Crippen molar-refractivity contribution in [3.63, 3.8) is 0 Å². The number of likely N-dealkylation sites (N-methyl/N-ethyl adjacent to an activating group) is 1. The Balaban J connectivity index is 2.44. The summed E-state index contributed by atoms with van der Waals surface area (Å²) in [6.45, 7) is 3.50. The highest BCUT2D eigenvalue weighted by Crippen LogP contribution is 2.19. The second-order valence-corrected chi connectivity index (χ2v) is 5.17. The average molecular weight is 298 g/mol. The van der Waals surface area contributed by atoms with Crippen LogP contribution in [0.25, 0.3) is 0 Å². The Hall–Kier alpha value is -1.83. The lowest BCUT2D eigenvalue weighted by Crippen LogP contribution is -2.51. The largest absolute Gasteiger partial charge is 0.370 e. The molecule has 0 unspecified atom stereocenters. The van der Waals surface area contributed by atoms with Gasteiger partial charge in [0.05, 0.1) is 6.04 Å². The van der Waals surface area contributed by atoms with E-state index in [1.807, 2.05) is 6.92 Å². The van der Waals surface area contributed by atoms with Crippen LogP contribution in [0.2, 0.25) is 0 Å². The molecule has 0 aliphatic carbocycles. The molecule has 1 aliphatic heterocycles. The van der Waals surface area contributed by atoms with Crippen LogP contribution >= 0.6 is 0 Å². The molecule has 2 amide bonds. The van der Waals surface area contributed by atoms with Gasteiger partial charge >= 0.3 is 0 Å². The quantitative estimate of drug-likeness (QED) is 0.226. The van der Waals surface area contributed by atoms with E-state index < -0.39 is 6.04 Å². The molecular formula is C13H26N6O2. The zero-order valence-corrected chi connectivity index (χ0v) is 12.5. The molecule has 8 heteroatoms. The molecule has 1 fully saturated rings. The summed E-state index contributed by atoms with van der Waals surface area (Å²) in [7, 11) is 0. The van der Waals surface area contributed by atoms with E-state index in [9.17, 15) is 9.59 Å². The molecule has 2 atom stereocenters. The topological polar surface area (TPSA) is 137 Å². The van der Waals surface area contributed by atoms with Gasteiger partial charge in [0.2, 0.25) is 11.8 Å². The van der Waals surface area contributed by atoms with Gasteiger partial charge in [-0.25, -0.2) is 0 Å². The smallest absolute Gasteiger partial charge is 0.242 e. The fourth-order valence-electron chi connectivity index (χ4n) is 2.48. The predicted octanol–water partition coefficient (Wildman–Crippen LogP) is -1.30. The zero-order chi connectivity index (χ0) is 15.8. The number of likely N-dealkylation sites (tertiary alicyclic amines) is 1. The summed E-state index contributed by atoms with van der Waals surface area (Å²) in [4.78, 5) is 25.8. The maximum Gasteiger partial charge on any atom is 0.242 e. The lowest BCUT2D eigenvalue weighted by Gasteiger charge is -2.26. The molecule has 21 heavy (non-hydrogen) atoms. The second-order valence-electron chi connectivity index (χ2n) is 5.17. The third kappa shape index (κ3) is 5.22. The molecule has 1 heterocycles. The molecule has 0 bridgehead atoms. The van der Waals surface area contributed by atoms with Crippen molar-refractivity contribution in [1.82, 2.24) is 15.5 Å². The molecule has 0 radical (unpaired) electrons. The van der Waals surface area contributed by atoms with E-state index in [4.69, 9.17) is 16.9 Å². The van der Waals surface area contributed by atoms with E-state index in [2.05, 4.69) is 10.6 Å². The van der Waals surface area contributed by atoms with Crippen LogP contribution in [0.5, 0.6) is 0 Å². The Bertz CT molecular complexity index is 387. The molecule has 1 aliphatic rings. The SMILES string of the molecule is CCNC(=O)[C@@H]1CCCN1C(=O)[C@@H](N)CCCNC(=N)N. The van der Waals surface area contributed by atoms with Crippen molar-refractivity contribution in [2.45, 2.75) is 44.7 Å². The maximum absolute atomic E-state index is 12.3. The van der Waals surface area contributed by atoms with Crippen LogP contribution in [0.15, 0.2) is 0 Å². The minimum Gasteiger partial charge on any atom is -0.370 e. The fourth-order valence-corrected chi connectivity index (χ4v) is 2.48. The number of carbonyl (C=O) groups is 2. The van der Waals surface area contributed by atoms with E-state index in [1.165, 1.54) is 0 Å². The summed E-state index contributed by atoms with van der Waals surface area (Å²) in [5, 5.41) is 12.5. The van der Waals surface area contributed by atoms with Crippen molar-refractivity contribution >= 4 is 17.8 Å². The minimum atomic E-state index is -0.617. The number of guanidine groups is 1. The van der Waals surface area contributed by atoms with Gasteiger partial charge in [0.15, 0.2) is 5.96 Å². The maximum atomic E-state index is 12.3. The predicted molar refractivity (Wildman–Crippen MR) is 80.5 cm³/mol. The summed E-state index contributed by atoms with van der Waals surface area (Å²) in [5.74, 6) is -0.369. The number of nitrogens with one attached hydrogen (secondary N) is 3. The first-order chi connectivity index (χ1) is 9.97. The van der Waals surface area contributed by atoms with Crippen molar-refractivity contribution in [1.29, 1.82) is 5.41 Å². The summed E-state index contributed by atoms with van der Waals surface area (Å²) >= 11 is 0. The van der Waals surface area contributed by atoms with Gasteiger partial charge in [-0.3, -0.25) is 15.0 Å². The molecule has 0 saturated carbocycles. The van der Waals surface area contributed by atoms with E-state index in [1.54, 1.807) is 4.90 Å². The lowest BCUT2D eigenvalue weighted by molar-refractivity contribution is -0.139. The first-order valence-electron chi connectivity index (χ1n) is 7.39. The number of amides is 2. The van der Waals surface area contributed by atoms with E-state index in [0.29, 0.717) is 38.9 Å². The van der Waals surface area contributed by atoms with E-state index >= 15 is 0 Å². The molecule has 0 aromatic carbocycles. The standard InChI is InChI=1S/C13H26N6O2/c1-2-17-11(20)10-6-4-8-19(10)12(21)9(14)5-3-7-18-13(15)16/h9-10H,2-8,14H2,1H3,(H,17,20)(H4,15,16,18)/t9-,10-/m0/s1. The summed E-state index contributed by atoms with van der Waals surface area (Å²) < 4.78 is 0. The van der Waals surface area contributed by atoms with Crippen LogP contribution in [0.1, 0.15) is 32.6 Å². The van der Waals surface area contributed by atoms with Crippen molar-refractivity contribution < 1.29 is 9.59 Å². The van der Waals surface area contributed by atoms with Crippen molar-refractivity contribution in [2.24, 2.45) is 11.5 Å². The normalized spacial score (nSPS) is 19.1. The number of nitrogens with two attached hydrogens (primary N) is 2. The zero-order valence-electron chi connectivity index (χ0n) is 12.5. The second kappa shape index (κ2) is 8.46. The molecule has 1 saturated heterocycles. The molecule has 8 nitrogen and oxygen atoms in total. The van der Waals surface area contributed by atoms with E-state index in [0.717, 1.165) is 6.42 Å². The van der Waals surface area contributed by atoms with E-state index in [-0.39, 0.29) is 23.8 Å². The summed E-state index contributed by atoms with van der Waals surface area (Å²) in [6.07, 6.45) is 2.66. The van der Waals surface area contributed by atoms with Crippen LogP contribution < -0.4 is 22.1 Å². The van der Waals surface area contributed by atoms with Gasteiger partial charge in [-0.2, -0.15) is 0 Å². The van der Waals surface area contributed by atoms with Crippen LogP contribution in [-0.4, -0.2) is 54.4 Å². The van der Waals surface area contributed by atoms with Gasteiger partial charge in [0, 0.05) is 19.6 Å². The Kier molecular flexibility index (Phi) is 6.93. The molecular weight excluding hydrogens is 272 g/mol. The summed E-state index contributed by atoms with van der Waals surface area (Å²) in [5.41, 5.74) is 11.1. The van der Waals surface area contributed by atoms with Crippen molar-refractivity contribution in [3.05, 3.63) is 0 Å². The van der Waals surface area contributed by atoms with Crippen LogP contribution in [0.3, 0.4) is 0 Å². The molecule has 0 spiro atoms. The fraction of sp³-hybridized carbons (Fsp3) is 0.769. The average Bonchev–Trinajstić information content (AvgIpc) is 2.91. The van der Waals surface area contributed by atoms with Crippen LogP contribution in [0.4, 0.5) is 0 Å². The highest BCUT2D eigenvalue weighted by Gasteiger charge is 2.35. The van der Waals surface area contributed by atoms with Crippen molar-refractivity contribution in [3.8, 4) is 0 Å². The number of rotatable bonds is 7. The minimum absolute atomic E-state index is 0.0919. The third-order valence-electron chi connectivity index (χ3n) is 3.51. The molecule has 120 valence electrons. The molecule has 0 aromatic heterocycles. The Morgan fingerprint density at radius 3 is 2.76 bits per heavy atom. The molecule has 1 rings (SSSR count). The highest BCUT2D eigenvalue weighted by molar-refractivity contribution is 5.90. The number of hydrogen-bond acceptors (Lipinski definition) is 4. The number of nitrogens with zero attached hydrogens (tertiary/aromatic N) is 1. The monoisotopic (exact) mass is 298 g/mol. The van der Waals surface area contributed by atoms with Gasteiger partial charge in [0.25, 0.3) is 0 Å². The van der Waals surface area contributed by atoms with Gasteiger partial charge in [-0.15, -0.1) is 0 Å².